The normalized spacial score (nSPS) is 31.8. The van der Waals surface area contributed by atoms with Crippen LogP contribution in [0.2, 0.25) is 5.02 Å². The molecule has 3 N–H and O–H groups in total. The molecule has 4 unspecified atom stereocenters. The average molecular weight is 265 g/mol. The summed E-state index contributed by atoms with van der Waals surface area (Å²) < 4.78 is 0. The molecule has 2 aliphatic carbocycles. The topological polar surface area (TPSA) is 38.0 Å². The lowest BCUT2D eigenvalue weighted by Crippen LogP contribution is -2.30. The smallest absolute Gasteiger partial charge is 0.0462 e. The van der Waals surface area contributed by atoms with E-state index in [1.54, 1.807) is 0 Å². The molecule has 0 radical (unpaired) electrons. The molecule has 98 valence electrons. The van der Waals surface area contributed by atoms with Crippen LogP contribution < -0.4 is 11.3 Å². The molecule has 4 atom stereocenters. The van der Waals surface area contributed by atoms with Gasteiger partial charge in [0.2, 0.25) is 0 Å². The molecule has 2 nitrogen and oxygen atoms in total. The highest BCUT2D eigenvalue weighted by Gasteiger charge is 2.40. The third-order valence-electron chi connectivity index (χ3n) is 4.90. The Kier molecular flexibility index (Phi) is 3.60. The van der Waals surface area contributed by atoms with E-state index in [0.29, 0.717) is 0 Å². The van der Waals surface area contributed by atoms with E-state index >= 15 is 0 Å². The number of rotatable bonds is 4. The standard InChI is InChI=1S/C15H21ClN2/c16-14-5-3-11(4-6-14)15(18-17)9-13-8-10-1-2-12(13)7-10/h3-6,10,12-13,15,18H,1-2,7-9,17H2. The molecule has 0 heterocycles. The van der Waals surface area contributed by atoms with Crippen LogP contribution in [0.25, 0.3) is 0 Å². The molecular formula is C15H21ClN2. The highest BCUT2D eigenvalue weighted by Crippen LogP contribution is 2.50. The molecule has 1 aromatic rings. The molecule has 2 bridgehead atoms. The summed E-state index contributed by atoms with van der Waals surface area (Å²) in [7, 11) is 0. The number of hydrogen-bond acceptors (Lipinski definition) is 2. The van der Waals surface area contributed by atoms with Gasteiger partial charge in [-0.3, -0.25) is 11.3 Å². The molecule has 0 saturated heterocycles. The number of hydrazine groups is 1. The van der Waals surface area contributed by atoms with E-state index in [2.05, 4.69) is 17.6 Å². The predicted octanol–water partition coefficient (Wildman–Crippen LogP) is 3.67. The van der Waals surface area contributed by atoms with E-state index < -0.39 is 0 Å². The quantitative estimate of drug-likeness (QED) is 0.643. The minimum atomic E-state index is 0.270. The van der Waals surface area contributed by atoms with Crippen molar-refractivity contribution < 1.29 is 0 Å². The molecule has 0 spiro atoms. The van der Waals surface area contributed by atoms with Crippen molar-refractivity contribution in [3.63, 3.8) is 0 Å². The van der Waals surface area contributed by atoms with Gasteiger partial charge in [-0.05, 0) is 61.1 Å². The Morgan fingerprint density at radius 3 is 2.56 bits per heavy atom. The van der Waals surface area contributed by atoms with Gasteiger partial charge in [-0.25, -0.2) is 0 Å². The van der Waals surface area contributed by atoms with Crippen molar-refractivity contribution in [2.75, 3.05) is 0 Å². The molecule has 2 fully saturated rings. The van der Waals surface area contributed by atoms with Crippen molar-refractivity contribution in [2.24, 2.45) is 23.6 Å². The van der Waals surface area contributed by atoms with Crippen molar-refractivity contribution in [3.8, 4) is 0 Å². The average Bonchev–Trinajstić information content (AvgIpc) is 2.99. The van der Waals surface area contributed by atoms with E-state index in [9.17, 15) is 0 Å². The van der Waals surface area contributed by atoms with E-state index in [1.807, 2.05) is 12.1 Å². The SMILES string of the molecule is NNC(CC1CC2CCC1C2)c1ccc(Cl)cc1. The number of hydrogen-bond donors (Lipinski definition) is 2. The second-order valence-corrected chi connectivity index (χ2v) is 6.38. The Bertz CT molecular complexity index is 403. The summed E-state index contributed by atoms with van der Waals surface area (Å²) in [5.41, 5.74) is 4.24. The summed E-state index contributed by atoms with van der Waals surface area (Å²) in [6.45, 7) is 0. The van der Waals surface area contributed by atoms with E-state index in [4.69, 9.17) is 17.4 Å². The fourth-order valence-electron chi connectivity index (χ4n) is 3.96. The van der Waals surface area contributed by atoms with Gasteiger partial charge in [0, 0.05) is 11.1 Å². The maximum atomic E-state index is 5.93. The van der Waals surface area contributed by atoms with Crippen LogP contribution in [0.5, 0.6) is 0 Å². The van der Waals surface area contributed by atoms with Crippen molar-refractivity contribution in [2.45, 2.75) is 38.1 Å². The zero-order valence-electron chi connectivity index (χ0n) is 10.6. The van der Waals surface area contributed by atoms with Gasteiger partial charge in [-0.1, -0.05) is 30.2 Å². The van der Waals surface area contributed by atoms with Crippen molar-refractivity contribution >= 4 is 11.6 Å². The summed E-state index contributed by atoms with van der Waals surface area (Å²) in [6, 6.07) is 8.33. The lowest BCUT2D eigenvalue weighted by atomic mass is 9.83. The molecule has 3 heteroatoms. The van der Waals surface area contributed by atoms with Crippen LogP contribution >= 0.6 is 11.6 Å². The summed E-state index contributed by atoms with van der Waals surface area (Å²) in [4.78, 5) is 0. The maximum absolute atomic E-state index is 5.93. The summed E-state index contributed by atoms with van der Waals surface area (Å²) in [5, 5.41) is 0.787. The lowest BCUT2D eigenvalue weighted by Gasteiger charge is -2.26. The zero-order valence-corrected chi connectivity index (χ0v) is 11.4. The third kappa shape index (κ3) is 2.42. The van der Waals surface area contributed by atoms with Crippen molar-refractivity contribution in [3.05, 3.63) is 34.9 Å². The molecular weight excluding hydrogens is 244 g/mol. The van der Waals surface area contributed by atoms with E-state index in [-0.39, 0.29) is 6.04 Å². The minimum Gasteiger partial charge on any atom is -0.271 e. The highest BCUT2D eigenvalue weighted by atomic mass is 35.5. The zero-order chi connectivity index (χ0) is 12.5. The number of benzene rings is 1. The second-order valence-electron chi connectivity index (χ2n) is 5.94. The first kappa shape index (κ1) is 12.5. The van der Waals surface area contributed by atoms with Gasteiger partial charge in [-0.2, -0.15) is 0 Å². The summed E-state index contributed by atoms with van der Waals surface area (Å²) >= 11 is 5.93. The number of fused-ring (bicyclic) bond motifs is 2. The van der Waals surface area contributed by atoms with E-state index in [0.717, 1.165) is 22.8 Å². The Balaban J connectivity index is 1.67. The van der Waals surface area contributed by atoms with Gasteiger partial charge < -0.3 is 0 Å². The van der Waals surface area contributed by atoms with Crippen LogP contribution in [-0.2, 0) is 0 Å². The molecule has 2 saturated carbocycles. The fourth-order valence-corrected chi connectivity index (χ4v) is 4.09. The maximum Gasteiger partial charge on any atom is 0.0462 e. The number of nitrogens with two attached hydrogens (primary N) is 1. The minimum absolute atomic E-state index is 0.270. The van der Waals surface area contributed by atoms with Crippen LogP contribution in [0.15, 0.2) is 24.3 Å². The molecule has 0 aliphatic heterocycles. The van der Waals surface area contributed by atoms with Crippen molar-refractivity contribution in [1.29, 1.82) is 0 Å². The van der Waals surface area contributed by atoms with Crippen LogP contribution in [0.4, 0.5) is 0 Å². The second kappa shape index (κ2) is 5.20. The molecule has 2 aliphatic rings. The Labute approximate surface area is 114 Å². The Morgan fingerprint density at radius 2 is 2.00 bits per heavy atom. The van der Waals surface area contributed by atoms with Gasteiger partial charge in [0.05, 0.1) is 0 Å². The lowest BCUT2D eigenvalue weighted by molar-refractivity contribution is 0.280. The Morgan fingerprint density at radius 1 is 1.22 bits per heavy atom. The first-order valence-electron chi connectivity index (χ1n) is 6.98. The van der Waals surface area contributed by atoms with Crippen LogP contribution in [0, 0.1) is 17.8 Å². The molecule has 1 aromatic carbocycles. The van der Waals surface area contributed by atoms with Gasteiger partial charge in [-0.15, -0.1) is 0 Å². The first-order valence-corrected chi connectivity index (χ1v) is 7.35. The van der Waals surface area contributed by atoms with Crippen LogP contribution in [0.1, 0.15) is 43.7 Å². The van der Waals surface area contributed by atoms with Crippen LogP contribution in [-0.4, -0.2) is 0 Å². The fraction of sp³-hybridized carbons (Fsp3) is 0.600. The number of halogens is 1. The summed E-state index contributed by atoms with van der Waals surface area (Å²) in [5.74, 6) is 8.56. The predicted molar refractivity (Wildman–Crippen MR) is 75.1 cm³/mol. The molecule has 0 aromatic heterocycles. The van der Waals surface area contributed by atoms with Crippen LogP contribution in [0.3, 0.4) is 0 Å². The van der Waals surface area contributed by atoms with Gasteiger partial charge in [0.1, 0.15) is 0 Å². The molecule has 18 heavy (non-hydrogen) atoms. The summed E-state index contributed by atoms with van der Waals surface area (Å²) in [6.07, 6.45) is 6.94. The van der Waals surface area contributed by atoms with Gasteiger partial charge >= 0.3 is 0 Å². The monoisotopic (exact) mass is 264 g/mol. The molecule has 0 amide bonds. The third-order valence-corrected chi connectivity index (χ3v) is 5.15. The number of nitrogens with one attached hydrogen (secondary N) is 1. The van der Waals surface area contributed by atoms with Gasteiger partial charge in [0.25, 0.3) is 0 Å². The molecule has 3 rings (SSSR count). The van der Waals surface area contributed by atoms with E-state index in [1.165, 1.54) is 37.7 Å². The largest absolute Gasteiger partial charge is 0.271 e. The first-order chi connectivity index (χ1) is 8.76. The van der Waals surface area contributed by atoms with Gasteiger partial charge in [0.15, 0.2) is 0 Å². The van der Waals surface area contributed by atoms with Crippen molar-refractivity contribution in [1.82, 2.24) is 5.43 Å². The highest BCUT2D eigenvalue weighted by molar-refractivity contribution is 6.30. The Hall–Kier alpha value is -0.570.